The molecule has 0 atom stereocenters. The molecule has 0 unspecified atom stereocenters. The topological polar surface area (TPSA) is 38.3 Å². The Morgan fingerprint density at radius 3 is 2.68 bits per heavy atom. The number of thiocarbonyl (C=S) groups is 1. The highest BCUT2D eigenvalue weighted by Crippen LogP contribution is 2.27. The van der Waals surface area contributed by atoms with Crippen molar-refractivity contribution < 1.29 is 9.53 Å². The molecule has 0 aromatic heterocycles. The second kappa shape index (κ2) is 6.77. The molecule has 5 heteroatoms. The van der Waals surface area contributed by atoms with Crippen molar-refractivity contribution in [3.05, 3.63) is 70.6 Å². The molecule has 1 aliphatic rings. The number of amides is 1. The highest BCUT2D eigenvalue weighted by molar-refractivity contribution is 8.26. The number of rotatable bonds is 4. The zero-order valence-electron chi connectivity index (χ0n) is 11.6. The van der Waals surface area contributed by atoms with Gasteiger partial charge in [0.2, 0.25) is 0 Å². The lowest BCUT2D eigenvalue weighted by Crippen LogP contribution is -2.17. The number of hydrogen-bond acceptors (Lipinski definition) is 4. The van der Waals surface area contributed by atoms with E-state index < -0.39 is 0 Å². The monoisotopic (exact) mass is 327 g/mol. The molecule has 0 spiro atoms. The number of benzene rings is 2. The predicted octanol–water partition coefficient (Wildman–Crippen LogP) is 3.75. The summed E-state index contributed by atoms with van der Waals surface area (Å²) in [7, 11) is 0. The van der Waals surface area contributed by atoms with Crippen LogP contribution in [0.25, 0.3) is 6.08 Å². The van der Waals surface area contributed by atoms with Crippen molar-refractivity contribution >= 4 is 40.3 Å². The van der Waals surface area contributed by atoms with Gasteiger partial charge in [-0.15, -0.1) is 0 Å². The van der Waals surface area contributed by atoms with Gasteiger partial charge in [-0.25, -0.2) is 0 Å². The summed E-state index contributed by atoms with van der Waals surface area (Å²) in [4.78, 5) is 12.3. The van der Waals surface area contributed by atoms with Gasteiger partial charge in [-0.05, 0) is 29.3 Å². The van der Waals surface area contributed by atoms with Crippen LogP contribution in [0.1, 0.15) is 11.1 Å². The van der Waals surface area contributed by atoms with Crippen LogP contribution in [0.5, 0.6) is 5.75 Å². The minimum absolute atomic E-state index is 0.148. The van der Waals surface area contributed by atoms with Crippen molar-refractivity contribution in [3.63, 3.8) is 0 Å². The number of thioether (sulfide) groups is 1. The summed E-state index contributed by atoms with van der Waals surface area (Å²) in [6.45, 7) is 0.514. The molecule has 2 aromatic carbocycles. The molecule has 3 nitrogen and oxygen atoms in total. The van der Waals surface area contributed by atoms with Gasteiger partial charge >= 0.3 is 0 Å². The van der Waals surface area contributed by atoms with E-state index in [0.29, 0.717) is 15.8 Å². The Hall–Kier alpha value is -2.11. The van der Waals surface area contributed by atoms with Gasteiger partial charge in [-0.3, -0.25) is 4.79 Å². The zero-order chi connectivity index (χ0) is 15.4. The second-order valence-electron chi connectivity index (χ2n) is 4.70. The fraction of sp³-hybridized carbons (Fsp3) is 0.0588. The van der Waals surface area contributed by atoms with Gasteiger partial charge in [0.1, 0.15) is 16.7 Å². The Morgan fingerprint density at radius 2 is 1.95 bits per heavy atom. The number of carbonyl (C=O) groups is 1. The van der Waals surface area contributed by atoms with Crippen molar-refractivity contribution in [2.24, 2.45) is 0 Å². The second-order valence-corrected chi connectivity index (χ2v) is 6.42. The number of nitrogens with one attached hydrogen (secondary N) is 1. The highest BCUT2D eigenvalue weighted by atomic mass is 32.2. The van der Waals surface area contributed by atoms with Crippen LogP contribution in [0.3, 0.4) is 0 Å². The van der Waals surface area contributed by atoms with Gasteiger partial charge in [0.05, 0.1) is 4.91 Å². The molecular weight excluding hydrogens is 314 g/mol. The van der Waals surface area contributed by atoms with E-state index in [4.69, 9.17) is 17.0 Å². The zero-order valence-corrected chi connectivity index (χ0v) is 13.2. The Labute approximate surface area is 138 Å². The maximum Gasteiger partial charge on any atom is 0.263 e. The molecule has 2 aromatic rings. The van der Waals surface area contributed by atoms with Crippen LogP contribution in [-0.4, -0.2) is 10.2 Å². The molecule has 1 saturated heterocycles. The summed E-state index contributed by atoms with van der Waals surface area (Å²) in [6, 6.07) is 17.6. The van der Waals surface area contributed by atoms with Crippen LogP contribution in [-0.2, 0) is 11.4 Å². The van der Waals surface area contributed by atoms with Gasteiger partial charge < -0.3 is 10.1 Å². The molecule has 0 bridgehead atoms. The SMILES string of the molecule is O=C1NC(=S)S/C1=C/c1cccc(OCc2ccccc2)c1. The van der Waals surface area contributed by atoms with Gasteiger partial charge in [0.15, 0.2) is 0 Å². The Balaban J connectivity index is 1.71. The lowest BCUT2D eigenvalue weighted by atomic mass is 10.2. The summed E-state index contributed by atoms with van der Waals surface area (Å²) in [6.07, 6.45) is 1.81. The quantitative estimate of drug-likeness (QED) is 0.685. The molecule has 3 rings (SSSR count). The molecule has 1 aliphatic heterocycles. The Kier molecular flexibility index (Phi) is 4.56. The molecule has 0 radical (unpaired) electrons. The summed E-state index contributed by atoms with van der Waals surface area (Å²) < 4.78 is 6.28. The lowest BCUT2D eigenvalue weighted by Gasteiger charge is -2.07. The smallest absolute Gasteiger partial charge is 0.263 e. The highest BCUT2D eigenvalue weighted by Gasteiger charge is 2.21. The maximum absolute atomic E-state index is 11.7. The number of hydrogen-bond donors (Lipinski definition) is 1. The molecule has 1 heterocycles. The molecule has 1 fully saturated rings. The van der Waals surface area contributed by atoms with E-state index in [0.717, 1.165) is 16.9 Å². The first kappa shape index (κ1) is 14.8. The average molecular weight is 327 g/mol. The number of carbonyl (C=O) groups excluding carboxylic acids is 1. The minimum atomic E-state index is -0.148. The van der Waals surface area contributed by atoms with Crippen molar-refractivity contribution in [2.45, 2.75) is 6.61 Å². The summed E-state index contributed by atoms with van der Waals surface area (Å²) in [5, 5.41) is 2.60. The minimum Gasteiger partial charge on any atom is -0.489 e. The summed E-state index contributed by atoms with van der Waals surface area (Å²) in [5.41, 5.74) is 2.02. The van der Waals surface area contributed by atoms with E-state index in [9.17, 15) is 4.79 Å². The molecule has 0 saturated carbocycles. The van der Waals surface area contributed by atoms with E-state index in [2.05, 4.69) is 5.32 Å². The molecule has 110 valence electrons. The third-order valence-corrected chi connectivity index (χ3v) is 4.21. The largest absolute Gasteiger partial charge is 0.489 e. The molecule has 1 amide bonds. The van der Waals surface area contributed by atoms with Crippen molar-refractivity contribution in [2.75, 3.05) is 0 Å². The van der Waals surface area contributed by atoms with Crippen LogP contribution in [0.2, 0.25) is 0 Å². The van der Waals surface area contributed by atoms with Crippen LogP contribution >= 0.6 is 24.0 Å². The van der Waals surface area contributed by atoms with E-state index in [1.807, 2.05) is 60.7 Å². The van der Waals surface area contributed by atoms with Gasteiger partial charge in [0.25, 0.3) is 5.91 Å². The number of ether oxygens (including phenoxy) is 1. The van der Waals surface area contributed by atoms with E-state index in [1.54, 1.807) is 0 Å². The van der Waals surface area contributed by atoms with Crippen molar-refractivity contribution in [1.82, 2.24) is 5.32 Å². The molecule has 0 aliphatic carbocycles. The van der Waals surface area contributed by atoms with Gasteiger partial charge in [0, 0.05) is 0 Å². The maximum atomic E-state index is 11.7. The molecular formula is C17H13NO2S2. The van der Waals surface area contributed by atoms with Crippen molar-refractivity contribution in [1.29, 1.82) is 0 Å². The fourth-order valence-corrected chi connectivity index (χ4v) is 3.05. The van der Waals surface area contributed by atoms with Gasteiger partial charge in [-0.1, -0.05) is 66.4 Å². The fourth-order valence-electron chi connectivity index (χ4n) is 2.01. The molecule has 1 N–H and O–H groups in total. The normalized spacial score (nSPS) is 15.9. The standard InChI is InChI=1S/C17H13NO2S2/c19-16-15(22-17(21)18-16)10-13-7-4-8-14(9-13)20-11-12-5-2-1-3-6-12/h1-10H,11H2,(H,18,19,21)/b15-10+. The first-order valence-corrected chi connectivity index (χ1v) is 7.95. The molecule has 22 heavy (non-hydrogen) atoms. The van der Waals surface area contributed by atoms with Crippen LogP contribution in [0.15, 0.2) is 59.5 Å². The van der Waals surface area contributed by atoms with E-state index in [1.165, 1.54) is 11.8 Å². The predicted molar refractivity (Wildman–Crippen MR) is 93.5 cm³/mol. The van der Waals surface area contributed by atoms with E-state index in [-0.39, 0.29) is 5.91 Å². The van der Waals surface area contributed by atoms with Crippen molar-refractivity contribution in [3.8, 4) is 5.75 Å². The summed E-state index contributed by atoms with van der Waals surface area (Å²) >= 11 is 6.25. The van der Waals surface area contributed by atoms with Gasteiger partial charge in [-0.2, -0.15) is 0 Å². The first-order valence-electron chi connectivity index (χ1n) is 6.72. The lowest BCUT2D eigenvalue weighted by molar-refractivity contribution is -0.115. The van der Waals surface area contributed by atoms with Crippen LogP contribution in [0, 0.1) is 0 Å². The van der Waals surface area contributed by atoms with E-state index >= 15 is 0 Å². The summed E-state index contributed by atoms with van der Waals surface area (Å²) in [5.74, 6) is 0.620. The Bertz CT molecular complexity index is 741. The average Bonchev–Trinajstić information content (AvgIpc) is 2.84. The third kappa shape index (κ3) is 3.75. The first-order chi connectivity index (χ1) is 10.7. The van der Waals surface area contributed by atoms with Crippen LogP contribution in [0.4, 0.5) is 0 Å². The third-order valence-electron chi connectivity index (χ3n) is 3.05. The van der Waals surface area contributed by atoms with Crippen LogP contribution < -0.4 is 10.1 Å². The Morgan fingerprint density at radius 1 is 1.14 bits per heavy atom.